The van der Waals surface area contributed by atoms with Crippen molar-refractivity contribution in [1.29, 1.82) is 0 Å². The maximum Gasteiger partial charge on any atom is 0.437 e. The number of carbonyl (C=O) groups excluding carboxylic acids is 2. The van der Waals surface area contributed by atoms with E-state index in [0.717, 1.165) is 13.8 Å². The molecule has 17 heteroatoms. The Morgan fingerprint density at radius 3 is 2.19 bits per heavy atom. The summed E-state index contributed by atoms with van der Waals surface area (Å²) in [4.78, 5) is 31.6. The molecule has 5 aromatic rings. The second-order valence-corrected chi connectivity index (χ2v) is 11.8. The van der Waals surface area contributed by atoms with Gasteiger partial charge in [0.15, 0.2) is 23.0 Å². The van der Waals surface area contributed by atoms with E-state index in [1.54, 1.807) is 19.1 Å². The Morgan fingerprint density at radius 2 is 1.57 bits per heavy atom. The average molecular weight is 788 g/mol. The highest BCUT2D eigenvalue weighted by molar-refractivity contribution is 14.1. The van der Waals surface area contributed by atoms with Gasteiger partial charge in [0.1, 0.15) is 12.2 Å². The molecule has 3 aromatic heterocycles. The van der Waals surface area contributed by atoms with E-state index < -0.39 is 42.0 Å². The highest BCUT2D eigenvalue weighted by Gasteiger charge is 2.48. The summed E-state index contributed by atoms with van der Waals surface area (Å²) in [7, 11) is 0. The first-order valence-corrected chi connectivity index (χ1v) is 15.0. The van der Waals surface area contributed by atoms with Crippen molar-refractivity contribution in [3.8, 4) is 5.82 Å². The zero-order valence-electron chi connectivity index (χ0n) is 24.0. The fourth-order valence-corrected chi connectivity index (χ4v) is 5.66. The minimum Gasteiger partial charge on any atom is -0.348 e. The number of aromatic nitrogens is 6. The molecule has 0 saturated carbocycles. The van der Waals surface area contributed by atoms with Crippen molar-refractivity contribution in [3.63, 3.8) is 0 Å². The molecule has 3 heterocycles. The van der Waals surface area contributed by atoms with Crippen LogP contribution in [0.3, 0.4) is 0 Å². The van der Waals surface area contributed by atoms with E-state index in [0.29, 0.717) is 11.1 Å². The summed E-state index contributed by atoms with van der Waals surface area (Å²) in [5, 5.41) is 13.2. The van der Waals surface area contributed by atoms with Crippen LogP contribution < -0.4 is 5.32 Å². The number of amides is 1. The smallest absolute Gasteiger partial charge is 0.348 e. The molecular weight excluding hydrogens is 767 g/mol. The Labute approximate surface area is 281 Å². The molecule has 0 aliphatic carbocycles. The topological polar surface area (TPSA) is 108 Å². The molecule has 0 atom stereocenters. The molecule has 0 spiro atoms. The molecule has 9 nitrogen and oxygen atoms in total. The molecule has 0 fully saturated rings. The second kappa shape index (κ2) is 13.4. The van der Waals surface area contributed by atoms with E-state index in [9.17, 15) is 35.9 Å². The van der Waals surface area contributed by atoms with Crippen LogP contribution in [0.25, 0.3) is 5.82 Å². The molecule has 47 heavy (non-hydrogen) atoms. The van der Waals surface area contributed by atoms with Gasteiger partial charge >= 0.3 is 12.4 Å². The first-order chi connectivity index (χ1) is 22.1. The number of ketones is 1. The molecule has 0 unspecified atom stereocenters. The summed E-state index contributed by atoms with van der Waals surface area (Å²) in [5.74, 6) is -1.04. The van der Waals surface area contributed by atoms with E-state index in [4.69, 9.17) is 11.6 Å². The molecule has 0 bridgehead atoms. The number of nitrogens with zero attached hydrogens (tertiary/aromatic N) is 6. The van der Waals surface area contributed by atoms with Crippen molar-refractivity contribution in [1.82, 2.24) is 35.1 Å². The number of halogens is 8. The van der Waals surface area contributed by atoms with Gasteiger partial charge in [-0.2, -0.15) is 36.2 Å². The maximum absolute atomic E-state index is 13.9. The molecule has 0 aliphatic heterocycles. The lowest BCUT2D eigenvalue weighted by atomic mass is 9.95. The fraction of sp³-hybridized carbons (Fsp3) is 0.200. The molecule has 2 aromatic carbocycles. The van der Waals surface area contributed by atoms with Gasteiger partial charge in [0.25, 0.3) is 5.91 Å². The molecular formula is C30H21ClF6IN7O2. The summed E-state index contributed by atoms with van der Waals surface area (Å²) in [5.41, 5.74) is -2.57. The van der Waals surface area contributed by atoms with Gasteiger partial charge in [-0.3, -0.25) is 9.59 Å². The minimum atomic E-state index is -5.43. The minimum absolute atomic E-state index is 0.0238. The van der Waals surface area contributed by atoms with Crippen LogP contribution in [0.5, 0.6) is 0 Å². The summed E-state index contributed by atoms with van der Waals surface area (Å²) in [6, 6.07) is 16.8. The molecule has 244 valence electrons. The van der Waals surface area contributed by atoms with E-state index in [-0.39, 0.29) is 45.6 Å². The zero-order valence-corrected chi connectivity index (χ0v) is 26.9. The van der Waals surface area contributed by atoms with Gasteiger partial charge in [0.05, 0.1) is 10.7 Å². The van der Waals surface area contributed by atoms with Crippen molar-refractivity contribution in [2.45, 2.75) is 38.8 Å². The molecule has 0 radical (unpaired) electrons. The highest BCUT2D eigenvalue weighted by atomic mass is 127. The van der Waals surface area contributed by atoms with Gasteiger partial charge in [-0.15, -0.1) is 10.2 Å². The Hall–Kier alpha value is -4.32. The Morgan fingerprint density at radius 1 is 0.915 bits per heavy atom. The number of pyridine rings is 1. The van der Waals surface area contributed by atoms with Crippen molar-refractivity contribution in [2.24, 2.45) is 0 Å². The number of benzene rings is 2. The first kappa shape index (κ1) is 34.0. The van der Waals surface area contributed by atoms with Crippen LogP contribution in [-0.4, -0.2) is 41.4 Å². The predicted octanol–water partition coefficient (Wildman–Crippen LogP) is 6.87. The van der Waals surface area contributed by atoms with Gasteiger partial charge in [0, 0.05) is 28.3 Å². The first-order valence-electron chi connectivity index (χ1n) is 13.6. The van der Waals surface area contributed by atoms with Crippen molar-refractivity contribution < 1.29 is 35.9 Å². The van der Waals surface area contributed by atoms with Crippen LogP contribution in [0.15, 0.2) is 66.9 Å². The quantitative estimate of drug-likeness (QED) is 0.0994. The van der Waals surface area contributed by atoms with Gasteiger partial charge in [0.2, 0.25) is 0 Å². The number of alkyl halides is 6. The van der Waals surface area contributed by atoms with Crippen LogP contribution in [0.1, 0.15) is 54.6 Å². The molecule has 1 N–H and O–H groups in total. The van der Waals surface area contributed by atoms with Crippen LogP contribution in [0.2, 0.25) is 5.02 Å². The zero-order chi connectivity index (χ0) is 34.1. The summed E-state index contributed by atoms with van der Waals surface area (Å²) < 4.78 is 81.7. The third kappa shape index (κ3) is 7.81. The normalized spacial score (nSPS) is 11.9. The predicted molar refractivity (Wildman–Crippen MR) is 165 cm³/mol. The largest absolute Gasteiger partial charge is 0.437 e. The molecule has 0 aliphatic rings. The van der Waals surface area contributed by atoms with E-state index in [1.807, 2.05) is 30.3 Å². The van der Waals surface area contributed by atoms with E-state index in [1.165, 1.54) is 24.4 Å². The highest BCUT2D eigenvalue weighted by Crippen LogP contribution is 2.38. The number of aryl methyl sites for hydroxylation is 1. The Kier molecular flexibility index (Phi) is 9.72. The average Bonchev–Trinajstić information content (AvgIpc) is 3.63. The van der Waals surface area contributed by atoms with Crippen LogP contribution in [-0.2, 0) is 31.9 Å². The lowest BCUT2D eigenvalue weighted by Gasteiger charge is -2.14. The van der Waals surface area contributed by atoms with Gasteiger partial charge in [-0.25, -0.2) is 9.67 Å². The van der Waals surface area contributed by atoms with Crippen molar-refractivity contribution in [2.75, 3.05) is 0 Å². The summed E-state index contributed by atoms with van der Waals surface area (Å²) >= 11 is 8.37. The lowest BCUT2D eigenvalue weighted by Crippen LogP contribution is -2.25. The summed E-state index contributed by atoms with van der Waals surface area (Å²) in [6.45, 7) is 1.21. The lowest BCUT2D eigenvalue weighted by molar-refractivity contribution is -0.165. The second-order valence-electron chi connectivity index (χ2n) is 10.2. The van der Waals surface area contributed by atoms with E-state index in [2.05, 4.69) is 48.2 Å². The van der Waals surface area contributed by atoms with Crippen molar-refractivity contribution >= 4 is 45.9 Å². The third-order valence-electron chi connectivity index (χ3n) is 6.80. The number of nitrogens with one attached hydrogen (secondary N) is 1. The number of hydrogen-bond donors (Lipinski definition) is 1. The molecule has 0 saturated heterocycles. The molecule has 5 rings (SSSR count). The standard InChI is InChI=1S/C30H21ClF6IN7O2/c1-16-10-18(38)11-21(28(47)40-14-17-6-3-2-4-7-17)20(16)13-24(46)23-12-19(41-45(23)27-22(31)8-5-9-39-27)15-44-42-25(29(32,33)34)26(43-44)30(35,36)37/h2-12H,13-15H2,1H3,(H,40,47). The SMILES string of the molecule is Cc1cc(I)cc(C(=O)NCc2ccccc2)c1CC(=O)c1cc(Cn2nc(C(F)(F)F)c(C(F)(F)F)n2)nn1-c1ncccc1Cl. The molecule has 1 amide bonds. The van der Waals surface area contributed by atoms with Crippen LogP contribution >= 0.6 is 34.2 Å². The summed E-state index contributed by atoms with van der Waals surface area (Å²) in [6.07, 6.45) is -9.82. The van der Waals surface area contributed by atoms with Gasteiger partial charge < -0.3 is 5.32 Å². The fourth-order valence-electron chi connectivity index (χ4n) is 4.68. The number of carbonyl (C=O) groups is 2. The number of hydrogen-bond acceptors (Lipinski definition) is 6. The van der Waals surface area contributed by atoms with Gasteiger partial charge in [-0.05, 0) is 76.5 Å². The third-order valence-corrected chi connectivity index (χ3v) is 7.71. The Balaban J connectivity index is 1.51. The Bertz CT molecular complexity index is 1930. The van der Waals surface area contributed by atoms with Crippen LogP contribution in [0, 0.1) is 10.5 Å². The van der Waals surface area contributed by atoms with E-state index >= 15 is 0 Å². The van der Waals surface area contributed by atoms with Gasteiger partial charge in [-0.1, -0.05) is 41.9 Å². The van der Waals surface area contributed by atoms with Crippen LogP contribution in [0.4, 0.5) is 26.3 Å². The van der Waals surface area contributed by atoms with Crippen molar-refractivity contribution in [3.05, 3.63) is 120 Å². The maximum atomic E-state index is 13.9. The number of rotatable bonds is 9. The monoisotopic (exact) mass is 787 g/mol. The number of Topliss-reactive ketones (excluding diaryl/α,β-unsaturated/α-hetero) is 1.